The SMILES string of the molecule is CC1(C(=O)Nc2ccc(-c3cc(=O)[nH][nH]3)cc2)CCCN1. The van der Waals surface area contributed by atoms with E-state index >= 15 is 0 Å². The summed E-state index contributed by atoms with van der Waals surface area (Å²) in [5.41, 5.74) is 1.71. The van der Waals surface area contributed by atoms with E-state index in [-0.39, 0.29) is 11.5 Å². The van der Waals surface area contributed by atoms with E-state index in [1.807, 2.05) is 31.2 Å². The normalized spacial score (nSPS) is 21.4. The number of nitrogens with one attached hydrogen (secondary N) is 4. The van der Waals surface area contributed by atoms with Gasteiger partial charge in [-0.3, -0.25) is 19.8 Å². The van der Waals surface area contributed by atoms with Gasteiger partial charge in [0.1, 0.15) is 0 Å². The predicted molar refractivity (Wildman–Crippen MR) is 81.1 cm³/mol. The molecule has 3 rings (SSSR count). The maximum absolute atomic E-state index is 12.3. The van der Waals surface area contributed by atoms with E-state index in [2.05, 4.69) is 20.8 Å². The molecule has 1 aliphatic rings. The van der Waals surface area contributed by atoms with Crippen LogP contribution in [0.5, 0.6) is 0 Å². The monoisotopic (exact) mass is 286 g/mol. The Bertz CT molecular complexity index is 693. The van der Waals surface area contributed by atoms with Gasteiger partial charge in [-0.1, -0.05) is 12.1 Å². The highest BCUT2D eigenvalue weighted by atomic mass is 16.2. The van der Waals surface area contributed by atoms with Crippen molar-refractivity contribution in [2.45, 2.75) is 25.3 Å². The Morgan fingerprint density at radius 1 is 1.24 bits per heavy atom. The fourth-order valence-corrected chi connectivity index (χ4v) is 2.58. The summed E-state index contributed by atoms with van der Waals surface area (Å²) in [6.45, 7) is 2.80. The van der Waals surface area contributed by atoms with Gasteiger partial charge in [0.25, 0.3) is 5.56 Å². The summed E-state index contributed by atoms with van der Waals surface area (Å²) >= 11 is 0. The molecule has 0 spiro atoms. The first kappa shape index (κ1) is 13.6. The lowest BCUT2D eigenvalue weighted by Gasteiger charge is -2.23. The molecule has 0 saturated carbocycles. The van der Waals surface area contributed by atoms with Crippen molar-refractivity contribution in [2.24, 2.45) is 0 Å². The zero-order chi connectivity index (χ0) is 14.9. The van der Waals surface area contributed by atoms with Crippen molar-refractivity contribution < 1.29 is 4.79 Å². The number of amides is 1. The maximum Gasteiger partial charge on any atom is 0.264 e. The first-order valence-corrected chi connectivity index (χ1v) is 7.01. The average molecular weight is 286 g/mol. The number of rotatable bonds is 3. The molecule has 110 valence electrons. The van der Waals surface area contributed by atoms with Crippen LogP contribution in [0.15, 0.2) is 35.1 Å². The van der Waals surface area contributed by atoms with Crippen LogP contribution in [0.25, 0.3) is 11.3 Å². The van der Waals surface area contributed by atoms with Gasteiger partial charge in [0.15, 0.2) is 0 Å². The van der Waals surface area contributed by atoms with E-state index < -0.39 is 5.54 Å². The number of aromatic amines is 2. The summed E-state index contributed by atoms with van der Waals surface area (Å²) in [6.07, 6.45) is 1.87. The van der Waals surface area contributed by atoms with Gasteiger partial charge in [-0.25, -0.2) is 0 Å². The van der Waals surface area contributed by atoms with Gasteiger partial charge >= 0.3 is 0 Å². The Morgan fingerprint density at radius 2 is 2.00 bits per heavy atom. The molecule has 1 atom stereocenters. The van der Waals surface area contributed by atoms with Crippen LogP contribution in [0, 0.1) is 0 Å². The number of H-pyrrole nitrogens is 2. The van der Waals surface area contributed by atoms with Gasteiger partial charge in [-0.05, 0) is 44.0 Å². The molecule has 2 heterocycles. The Morgan fingerprint density at radius 3 is 2.57 bits per heavy atom. The minimum Gasteiger partial charge on any atom is -0.324 e. The van der Waals surface area contributed by atoms with Crippen LogP contribution in [0.3, 0.4) is 0 Å². The minimum atomic E-state index is -0.482. The van der Waals surface area contributed by atoms with Crippen molar-refractivity contribution in [3.05, 3.63) is 40.7 Å². The first-order chi connectivity index (χ1) is 10.1. The zero-order valence-corrected chi connectivity index (χ0v) is 11.8. The van der Waals surface area contributed by atoms with Crippen LogP contribution < -0.4 is 16.2 Å². The fourth-order valence-electron chi connectivity index (χ4n) is 2.58. The molecule has 1 saturated heterocycles. The molecule has 0 radical (unpaired) electrons. The number of carbonyl (C=O) groups excluding carboxylic acids is 1. The van der Waals surface area contributed by atoms with Crippen LogP contribution in [-0.2, 0) is 4.79 Å². The van der Waals surface area contributed by atoms with Crippen molar-refractivity contribution in [2.75, 3.05) is 11.9 Å². The Labute approximate surface area is 121 Å². The van der Waals surface area contributed by atoms with Gasteiger partial charge in [0.05, 0.1) is 11.2 Å². The molecule has 21 heavy (non-hydrogen) atoms. The van der Waals surface area contributed by atoms with Crippen LogP contribution in [0.1, 0.15) is 19.8 Å². The molecule has 6 heteroatoms. The largest absolute Gasteiger partial charge is 0.324 e. The Balaban J connectivity index is 1.72. The van der Waals surface area contributed by atoms with Crippen molar-refractivity contribution in [1.82, 2.24) is 15.5 Å². The van der Waals surface area contributed by atoms with Crippen LogP contribution in [-0.4, -0.2) is 28.2 Å². The van der Waals surface area contributed by atoms with Crippen molar-refractivity contribution in [3.63, 3.8) is 0 Å². The molecule has 1 fully saturated rings. The minimum absolute atomic E-state index is 0.0113. The van der Waals surface area contributed by atoms with Gasteiger partial charge in [-0.2, -0.15) is 0 Å². The summed E-state index contributed by atoms with van der Waals surface area (Å²) in [5.74, 6) is -0.0113. The van der Waals surface area contributed by atoms with Crippen LogP contribution in [0.4, 0.5) is 5.69 Å². The van der Waals surface area contributed by atoms with Crippen LogP contribution >= 0.6 is 0 Å². The molecule has 1 aromatic carbocycles. The predicted octanol–water partition coefficient (Wildman–Crippen LogP) is 1.45. The number of aromatic nitrogens is 2. The van der Waals surface area contributed by atoms with Gasteiger partial charge in [0, 0.05) is 11.8 Å². The lowest BCUT2D eigenvalue weighted by Crippen LogP contribution is -2.47. The highest BCUT2D eigenvalue weighted by molar-refractivity contribution is 5.98. The van der Waals surface area contributed by atoms with Crippen molar-refractivity contribution >= 4 is 11.6 Å². The second-order valence-corrected chi connectivity index (χ2v) is 5.57. The summed E-state index contributed by atoms with van der Waals surface area (Å²) in [7, 11) is 0. The highest BCUT2D eigenvalue weighted by Crippen LogP contribution is 2.22. The van der Waals surface area contributed by atoms with Gasteiger partial charge in [0.2, 0.25) is 5.91 Å². The lowest BCUT2D eigenvalue weighted by atomic mass is 9.99. The lowest BCUT2D eigenvalue weighted by molar-refractivity contribution is -0.121. The maximum atomic E-state index is 12.3. The first-order valence-electron chi connectivity index (χ1n) is 7.01. The summed E-state index contributed by atoms with van der Waals surface area (Å²) in [4.78, 5) is 23.4. The molecular weight excluding hydrogens is 268 g/mol. The van der Waals surface area contributed by atoms with E-state index in [0.29, 0.717) is 0 Å². The molecule has 0 aliphatic carbocycles. The fraction of sp³-hybridized carbons (Fsp3) is 0.333. The third kappa shape index (κ3) is 2.75. The average Bonchev–Trinajstić information content (AvgIpc) is 3.09. The van der Waals surface area contributed by atoms with Gasteiger partial charge < -0.3 is 10.6 Å². The van der Waals surface area contributed by atoms with E-state index in [4.69, 9.17) is 0 Å². The molecule has 4 N–H and O–H groups in total. The van der Waals surface area contributed by atoms with E-state index in [9.17, 15) is 9.59 Å². The van der Waals surface area contributed by atoms with Crippen LogP contribution in [0.2, 0.25) is 0 Å². The Kier molecular flexibility index (Phi) is 3.39. The number of benzene rings is 1. The quantitative estimate of drug-likeness (QED) is 0.688. The number of carbonyl (C=O) groups is 1. The molecule has 2 aromatic rings. The second-order valence-electron chi connectivity index (χ2n) is 5.57. The summed E-state index contributed by atoms with van der Waals surface area (Å²) in [6, 6.07) is 8.88. The van der Waals surface area contributed by atoms with Gasteiger partial charge in [-0.15, -0.1) is 0 Å². The van der Waals surface area contributed by atoms with E-state index in [1.54, 1.807) is 0 Å². The number of hydrogen-bond donors (Lipinski definition) is 4. The molecular formula is C15H18N4O2. The number of anilines is 1. The van der Waals surface area contributed by atoms with Crippen molar-refractivity contribution in [3.8, 4) is 11.3 Å². The molecule has 1 unspecified atom stereocenters. The summed E-state index contributed by atoms with van der Waals surface area (Å²) in [5, 5.41) is 11.5. The standard InChI is InChI=1S/C15H18N4O2/c1-15(7-2-8-16-15)14(21)17-11-5-3-10(4-6-11)12-9-13(20)19-18-12/h3-6,9,16H,2,7-8H2,1H3,(H,17,21)(H2,18,19,20). The summed E-state index contributed by atoms with van der Waals surface area (Å²) < 4.78 is 0. The molecule has 1 aromatic heterocycles. The van der Waals surface area contributed by atoms with Crippen molar-refractivity contribution in [1.29, 1.82) is 0 Å². The smallest absolute Gasteiger partial charge is 0.264 e. The molecule has 0 bridgehead atoms. The number of hydrogen-bond acceptors (Lipinski definition) is 3. The topological polar surface area (TPSA) is 89.8 Å². The van der Waals surface area contributed by atoms with E-state index in [1.165, 1.54) is 6.07 Å². The second kappa shape index (κ2) is 5.21. The third-order valence-corrected chi connectivity index (χ3v) is 3.92. The zero-order valence-electron chi connectivity index (χ0n) is 11.8. The van der Waals surface area contributed by atoms with E-state index in [0.717, 1.165) is 36.3 Å². The molecule has 1 aliphatic heterocycles. The highest BCUT2D eigenvalue weighted by Gasteiger charge is 2.35. The molecule has 1 amide bonds. The third-order valence-electron chi connectivity index (χ3n) is 3.92. The molecule has 6 nitrogen and oxygen atoms in total. The Hall–Kier alpha value is -2.34.